The molecule has 72 valence electrons. The molecule has 1 saturated heterocycles. The molecule has 1 heterocycles. The highest BCUT2D eigenvalue weighted by molar-refractivity contribution is 4.71. The Bertz CT molecular complexity index is 152. The number of hydrogen-bond donors (Lipinski definition) is 0. The summed E-state index contributed by atoms with van der Waals surface area (Å²) in [6.07, 6.45) is 1.27. The van der Waals surface area contributed by atoms with E-state index in [1.54, 1.807) is 0 Å². The Morgan fingerprint density at radius 3 is 2.58 bits per heavy atom. The molecule has 1 aliphatic rings. The summed E-state index contributed by atoms with van der Waals surface area (Å²) >= 11 is 0. The van der Waals surface area contributed by atoms with Crippen LogP contribution in [0.25, 0.3) is 0 Å². The number of morpholine rings is 1. The zero-order valence-electron chi connectivity index (χ0n) is 8.89. The monoisotopic (exact) mass is 172 g/mol. The highest BCUT2D eigenvalue weighted by Crippen LogP contribution is 2.21. The van der Waals surface area contributed by atoms with Crippen molar-refractivity contribution in [2.75, 3.05) is 33.3 Å². The lowest BCUT2D eigenvalue weighted by Gasteiger charge is -2.44. The molecule has 0 amide bonds. The van der Waals surface area contributed by atoms with Gasteiger partial charge in [-0.05, 0) is 20.3 Å². The third-order valence-electron chi connectivity index (χ3n) is 2.65. The Labute approximate surface area is 76.1 Å². The highest BCUT2D eigenvalue weighted by Gasteiger charge is 2.36. The van der Waals surface area contributed by atoms with Crippen molar-refractivity contribution >= 4 is 0 Å². The predicted octanol–water partition coefficient (Wildman–Crippen LogP) is 1.65. The SMILES string of the molecule is CCC[N+]1(C)CCOC(C)(C)C1. The molecule has 0 aromatic rings. The fraction of sp³-hybridized carbons (Fsp3) is 1.00. The van der Waals surface area contributed by atoms with Crippen LogP contribution < -0.4 is 0 Å². The summed E-state index contributed by atoms with van der Waals surface area (Å²) < 4.78 is 6.88. The molecule has 0 aromatic heterocycles. The Kier molecular flexibility index (Phi) is 2.79. The number of rotatable bonds is 2. The first kappa shape index (κ1) is 10.0. The average molecular weight is 172 g/mol. The summed E-state index contributed by atoms with van der Waals surface area (Å²) in [7, 11) is 2.34. The molecule has 2 heteroatoms. The van der Waals surface area contributed by atoms with Crippen molar-refractivity contribution < 1.29 is 9.22 Å². The molecule has 1 unspecified atom stereocenters. The Hall–Kier alpha value is -0.0800. The summed E-state index contributed by atoms with van der Waals surface area (Å²) in [6, 6.07) is 0. The van der Waals surface area contributed by atoms with E-state index in [0.717, 1.165) is 13.2 Å². The Balaban J connectivity index is 2.55. The van der Waals surface area contributed by atoms with E-state index >= 15 is 0 Å². The number of nitrogens with zero attached hydrogens (tertiary/aromatic N) is 1. The van der Waals surface area contributed by atoms with Gasteiger partial charge in [0.15, 0.2) is 0 Å². The van der Waals surface area contributed by atoms with Crippen molar-refractivity contribution in [2.24, 2.45) is 0 Å². The quantitative estimate of drug-likeness (QED) is 0.576. The molecule has 0 aliphatic carbocycles. The molecule has 1 rings (SSSR count). The van der Waals surface area contributed by atoms with Crippen molar-refractivity contribution in [3.63, 3.8) is 0 Å². The molecular weight excluding hydrogens is 150 g/mol. The van der Waals surface area contributed by atoms with E-state index in [1.165, 1.54) is 24.0 Å². The van der Waals surface area contributed by atoms with E-state index in [9.17, 15) is 0 Å². The number of likely N-dealkylation sites (N-methyl/N-ethyl adjacent to an activating group) is 1. The minimum atomic E-state index is 0.0855. The Morgan fingerprint density at radius 2 is 2.08 bits per heavy atom. The van der Waals surface area contributed by atoms with Gasteiger partial charge in [0, 0.05) is 0 Å². The summed E-state index contributed by atoms with van der Waals surface area (Å²) in [5.74, 6) is 0. The summed E-state index contributed by atoms with van der Waals surface area (Å²) in [6.45, 7) is 11.2. The van der Waals surface area contributed by atoms with Crippen LogP contribution in [0.4, 0.5) is 0 Å². The van der Waals surface area contributed by atoms with Crippen LogP contribution in [0, 0.1) is 0 Å². The number of hydrogen-bond acceptors (Lipinski definition) is 1. The summed E-state index contributed by atoms with van der Waals surface area (Å²) in [4.78, 5) is 0. The van der Waals surface area contributed by atoms with E-state index in [1.807, 2.05) is 0 Å². The lowest BCUT2D eigenvalue weighted by molar-refractivity contribution is -0.923. The van der Waals surface area contributed by atoms with Crippen LogP contribution in [0.2, 0.25) is 0 Å². The van der Waals surface area contributed by atoms with Crippen molar-refractivity contribution in [2.45, 2.75) is 32.8 Å². The first-order valence-corrected chi connectivity index (χ1v) is 4.95. The van der Waals surface area contributed by atoms with E-state index in [2.05, 4.69) is 27.8 Å². The molecule has 0 aromatic carbocycles. The maximum Gasteiger partial charge on any atom is 0.112 e. The second-order valence-corrected chi connectivity index (χ2v) is 4.83. The topological polar surface area (TPSA) is 9.23 Å². The van der Waals surface area contributed by atoms with Crippen LogP contribution >= 0.6 is 0 Å². The zero-order chi connectivity index (χ0) is 9.24. The molecule has 1 fully saturated rings. The first-order chi connectivity index (χ1) is 5.47. The summed E-state index contributed by atoms with van der Waals surface area (Å²) in [5, 5.41) is 0. The van der Waals surface area contributed by atoms with Gasteiger partial charge in [-0.1, -0.05) is 6.92 Å². The molecule has 2 nitrogen and oxygen atoms in total. The minimum absolute atomic E-state index is 0.0855. The molecule has 0 N–H and O–H groups in total. The number of ether oxygens (including phenoxy) is 1. The maximum absolute atomic E-state index is 5.69. The largest absolute Gasteiger partial charge is 0.364 e. The first-order valence-electron chi connectivity index (χ1n) is 4.95. The maximum atomic E-state index is 5.69. The van der Waals surface area contributed by atoms with E-state index < -0.39 is 0 Å². The Morgan fingerprint density at radius 1 is 1.42 bits per heavy atom. The molecule has 0 bridgehead atoms. The predicted molar refractivity (Wildman–Crippen MR) is 51.1 cm³/mol. The van der Waals surface area contributed by atoms with Gasteiger partial charge in [-0.2, -0.15) is 0 Å². The van der Waals surface area contributed by atoms with Crippen molar-refractivity contribution in [3.05, 3.63) is 0 Å². The standard InChI is InChI=1S/C10H22NO/c1-5-6-11(4)7-8-12-10(2,3)9-11/h5-9H2,1-4H3/q+1. The smallest absolute Gasteiger partial charge is 0.112 e. The van der Waals surface area contributed by atoms with Crippen LogP contribution in [-0.2, 0) is 4.74 Å². The third kappa shape index (κ3) is 2.46. The average Bonchev–Trinajstić information content (AvgIpc) is 1.83. The van der Waals surface area contributed by atoms with Gasteiger partial charge in [0.05, 0.1) is 20.2 Å². The highest BCUT2D eigenvalue weighted by atomic mass is 16.5. The van der Waals surface area contributed by atoms with Gasteiger partial charge < -0.3 is 9.22 Å². The van der Waals surface area contributed by atoms with Crippen LogP contribution in [-0.4, -0.2) is 43.4 Å². The van der Waals surface area contributed by atoms with Gasteiger partial charge in [0.2, 0.25) is 0 Å². The lowest BCUT2D eigenvalue weighted by Crippen LogP contribution is -2.59. The molecule has 1 aliphatic heterocycles. The van der Waals surface area contributed by atoms with E-state index in [0.29, 0.717) is 0 Å². The zero-order valence-corrected chi connectivity index (χ0v) is 8.89. The lowest BCUT2D eigenvalue weighted by atomic mass is 10.1. The molecule has 0 spiro atoms. The normalized spacial score (nSPS) is 35.0. The third-order valence-corrected chi connectivity index (χ3v) is 2.65. The van der Waals surface area contributed by atoms with Crippen LogP contribution in [0.3, 0.4) is 0 Å². The van der Waals surface area contributed by atoms with Gasteiger partial charge in [-0.25, -0.2) is 0 Å². The molecule has 0 radical (unpaired) electrons. The molecular formula is C10H22NO+. The summed E-state index contributed by atoms with van der Waals surface area (Å²) in [5.41, 5.74) is 0.0855. The molecule has 12 heavy (non-hydrogen) atoms. The molecule has 1 atom stereocenters. The van der Waals surface area contributed by atoms with Crippen molar-refractivity contribution in [1.82, 2.24) is 0 Å². The second kappa shape index (κ2) is 3.35. The number of quaternary nitrogens is 1. The van der Waals surface area contributed by atoms with Crippen LogP contribution in [0.5, 0.6) is 0 Å². The van der Waals surface area contributed by atoms with Gasteiger partial charge in [0.25, 0.3) is 0 Å². The second-order valence-electron chi connectivity index (χ2n) is 4.83. The van der Waals surface area contributed by atoms with Gasteiger partial charge >= 0.3 is 0 Å². The molecule has 0 saturated carbocycles. The van der Waals surface area contributed by atoms with Gasteiger partial charge in [-0.15, -0.1) is 0 Å². The van der Waals surface area contributed by atoms with Gasteiger partial charge in [-0.3, -0.25) is 0 Å². The van der Waals surface area contributed by atoms with Gasteiger partial charge in [0.1, 0.15) is 18.7 Å². The minimum Gasteiger partial charge on any atom is -0.364 e. The van der Waals surface area contributed by atoms with Crippen LogP contribution in [0.15, 0.2) is 0 Å². The van der Waals surface area contributed by atoms with E-state index in [-0.39, 0.29) is 5.60 Å². The van der Waals surface area contributed by atoms with Crippen molar-refractivity contribution in [1.29, 1.82) is 0 Å². The van der Waals surface area contributed by atoms with Crippen molar-refractivity contribution in [3.8, 4) is 0 Å². The van der Waals surface area contributed by atoms with E-state index in [4.69, 9.17) is 4.74 Å². The fourth-order valence-electron chi connectivity index (χ4n) is 2.32. The van der Waals surface area contributed by atoms with Crippen LogP contribution in [0.1, 0.15) is 27.2 Å². The fourth-order valence-corrected chi connectivity index (χ4v) is 2.32.